The lowest BCUT2D eigenvalue weighted by Crippen LogP contribution is -2.16. The van der Waals surface area contributed by atoms with Crippen LogP contribution in [0.3, 0.4) is 0 Å². The van der Waals surface area contributed by atoms with Crippen LogP contribution in [-0.2, 0) is 11.3 Å². The maximum Gasteiger partial charge on any atom is 0.342 e. The fourth-order valence-corrected chi connectivity index (χ4v) is 3.30. The molecule has 1 aromatic heterocycles. The van der Waals surface area contributed by atoms with Crippen molar-refractivity contribution < 1.29 is 23.5 Å². The van der Waals surface area contributed by atoms with E-state index in [1.54, 1.807) is 42.5 Å². The molecule has 0 unspecified atom stereocenters. The summed E-state index contributed by atoms with van der Waals surface area (Å²) < 4.78 is 25.8. The average Bonchev–Trinajstić information content (AvgIpc) is 3.02. The van der Waals surface area contributed by atoms with Crippen LogP contribution in [0.5, 0.6) is 5.75 Å². The van der Waals surface area contributed by atoms with Gasteiger partial charge in [0.05, 0.1) is 6.61 Å². The molecule has 3 rings (SSSR count). The van der Waals surface area contributed by atoms with Crippen LogP contribution in [0, 0.1) is 19.7 Å². The maximum atomic E-state index is 13.1. The Labute approximate surface area is 175 Å². The molecule has 0 aliphatic carbocycles. The van der Waals surface area contributed by atoms with Gasteiger partial charge in [-0.15, -0.1) is 0 Å². The van der Waals surface area contributed by atoms with Gasteiger partial charge in [0.1, 0.15) is 17.1 Å². The quantitative estimate of drug-likeness (QED) is 0.399. The minimum atomic E-state index is -0.604. The number of ether oxygens (including phenoxy) is 2. The number of hydrogen-bond donors (Lipinski definition) is 0. The lowest BCUT2D eigenvalue weighted by Gasteiger charge is -2.11. The van der Waals surface area contributed by atoms with Crippen molar-refractivity contribution in [3.8, 4) is 5.75 Å². The van der Waals surface area contributed by atoms with Crippen molar-refractivity contribution in [3.05, 3.63) is 88.5 Å². The normalized spacial score (nSPS) is 10.7. The average molecular weight is 409 g/mol. The molecular weight excluding hydrogens is 385 g/mol. The Morgan fingerprint density at radius 3 is 2.40 bits per heavy atom. The number of hydrogen-bond acceptors (Lipinski definition) is 4. The Kier molecular flexibility index (Phi) is 6.67. The summed E-state index contributed by atoms with van der Waals surface area (Å²) in [6.45, 7) is 6.15. The van der Waals surface area contributed by atoms with E-state index in [1.165, 1.54) is 12.1 Å². The Balaban J connectivity index is 1.70. The minimum Gasteiger partial charge on any atom is -0.493 e. The Hall–Kier alpha value is -3.41. The molecule has 0 saturated heterocycles. The second kappa shape index (κ2) is 9.39. The van der Waals surface area contributed by atoms with E-state index in [0.717, 1.165) is 17.0 Å². The number of carbonyl (C=O) groups excluding carboxylic acids is 2. The van der Waals surface area contributed by atoms with Crippen molar-refractivity contribution in [2.45, 2.75) is 27.3 Å². The van der Waals surface area contributed by atoms with E-state index in [2.05, 4.69) is 0 Å². The van der Waals surface area contributed by atoms with Crippen LogP contribution in [-0.4, -0.2) is 29.5 Å². The van der Waals surface area contributed by atoms with Gasteiger partial charge in [-0.2, -0.15) is 0 Å². The standard InChI is InChI=1S/C24H24FNO4/c1-4-29-23-8-6-5-7-20(23)24(28)30-15-22(27)21-13-16(2)26(17(21)3)14-18-9-11-19(25)12-10-18/h5-13H,4,14-15H2,1-3H3. The molecule has 0 fully saturated rings. The summed E-state index contributed by atoms with van der Waals surface area (Å²) in [5.74, 6) is -0.749. The number of halogens is 1. The number of Topliss-reactive ketones (excluding diaryl/α,β-unsaturated/α-hetero) is 1. The summed E-state index contributed by atoms with van der Waals surface area (Å²) in [7, 11) is 0. The number of carbonyl (C=O) groups is 2. The van der Waals surface area contributed by atoms with Crippen LogP contribution in [0.4, 0.5) is 4.39 Å². The third-order valence-electron chi connectivity index (χ3n) is 4.87. The summed E-state index contributed by atoms with van der Waals surface area (Å²) in [5, 5.41) is 0. The third-order valence-corrected chi connectivity index (χ3v) is 4.87. The molecule has 0 amide bonds. The van der Waals surface area contributed by atoms with E-state index in [0.29, 0.717) is 24.5 Å². The molecule has 0 radical (unpaired) electrons. The van der Waals surface area contributed by atoms with E-state index in [1.807, 2.05) is 25.3 Å². The van der Waals surface area contributed by atoms with Crippen LogP contribution in [0.15, 0.2) is 54.6 Å². The fraction of sp³-hybridized carbons (Fsp3) is 0.250. The van der Waals surface area contributed by atoms with Gasteiger partial charge in [-0.3, -0.25) is 4.79 Å². The van der Waals surface area contributed by atoms with E-state index in [-0.39, 0.29) is 23.8 Å². The van der Waals surface area contributed by atoms with Gasteiger partial charge in [0.15, 0.2) is 6.61 Å². The number of aryl methyl sites for hydroxylation is 1. The molecule has 1 heterocycles. The van der Waals surface area contributed by atoms with E-state index in [9.17, 15) is 14.0 Å². The Morgan fingerprint density at radius 2 is 1.70 bits per heavy atom. The van der Waals surface area contributed by atoms with E-state index < -0.39 is 5.97 Å². The van der Waals surface area contributed by atoms with E-state index >= 15 is 0 Å². The van der Waals surface area contributed by atoms with Crippen molar-refractivity contribution in [1.82, 2.24) is 4.57 Å². The minimum absolute atomic E-state index is 0.282. The number of ketones is 1. The second-order valence-corrected chi connectivity index (χ2v) is 6.93. The van der Waals surface area contributed by atoms with Crippen LogP contribution in [0.1, 0.15) is 44.6 Å². The zero-order valence-corrected chi connectivity index (χ0v) is 17.3. The molecule has 0 aliphatic heterocycles. The highest BCUT2D eigenvalue weighted by Gasteiger charge is 2.19. The molecule has 0 saturated carbocycles. The first-order chi connectivity index (χ1) is 14.4. The van der Waals surface area contributed by atoms with Gasteiger partial charge in [0.25, 0.3) is 0 Å². The van der Waals surface area contributed by atoms with Gasteiger partial charge in [0, 0.05) is 23.5 Å². The first-order valence-electron chi connectivity index (χ1n) is 9.74. The van der Waals surface area contributed by atoms with Crippen molar-refractivity contribution >= 4 is 11.8 Å². The number of rotatable bonds is 8. The topological polar surface area (TPSA) is 57.5 Å². The fourth-order valence-electron chi connectivity index (χ4n) is 3.30. The second-order valence-electron chi connectivity index (χ2n) is 6.93. The molecule has 0 N–H and O–H groups in total. The van der Waals surface area contributed by atoms with E-state index in [4.69, 9.17) is 9.47 Å². The molecule has 0 atom stereocenters. The lowest BCUT2D eigenvalue weighted by molar-refractivity contribution is 0.0470. The van der Waals surface area contributed by atoms with Crippen molar-refractivity contribution in [2.24, 2.45) is 0 Å². The van der Waals surface area contributed by atoms with Crippen LogP contribution < -0.4 is 4.74 Å². The Morgan fingerprint density at radius 1 is 1.00 bits per heavy atom. The summed E-state index contributed by atoms with van der Waals surface area (Å²) in [4.78, 5) is 25.1. The van der Waals surface area contributed by atoms with Gasteiger partial charge in [-0.25, -0.2) is 9.18 Å². The molecule has 0 spiro atoms. The SMILES string of the molecule is CCOc1ccccc1C(=O)OCC(=O)c1cc(C)n(Cc2ccc(F)cc2)c1C. The van der Waals surface area contributed by atoms with Gasteiger partial charge >= 0.3 is 5.97 Å². The molecule has 30 heavy (non-hydrogen) atoms. The highest BCUT2D eigenvalue weighted by atomic mass is 19.1. The largest absolute Gasteiger partial charge is 0.493 e. The number of para-hydroxylation sites is 1. The number of benzene rings is 2. The van der Waals surface area contributed by atoms with Crippen molar-refractivity contribution in [1.29, 1.82) is 0 Å². The highest BCUT2D eigenvalue weighted by molar-refractivity contribution is 6.01. The number of nitrogens with zero attached hydrogens (tertiary/aromatic N) is 1. The molecule has 156 valence electrons. The number of esters is 1. The Bertz CT molecular complexity index is 1050. The van der Waals surface area contributed by atoms with Gasteiger partial charge < -0.3 is 14.0 Å². The predicted octanol–water partition coefficient (Wildman–Crippen LogP) is 4.73. The molecule has 6 heteroatoms. The van der Waals surface area contributed by atoms with Gasteiger partial charge in [0.2, 0.25) is 5.78 Å². The van der Waals surface area contributed by atoms with Crippen LogP contribution in [0.25, 0.3) is 0 Å². The van der Waals surface area contributed by atoms with Crippen LogP contribution in [0.2, 0.25) is 0 Å². The number of aromatic nitrogens is 1. The molecule has 5 nitrogen and oxygen atoms in total. The van der Waals surface area contributed by atoms with Gasteiger partial charge in [-0.05, 0) is 56.7 Å². The predicted molar refractivity (Wildman–Crippen MR) is 112 cm³/mol. The molecule has 3 aromatic rings. The summed E-state index contributed by atoms with van der Waals surface area (Å²) in [6.07, 6.45) is 0. The van der Waals surface area contributed by atoms with Crippen LogP contribution >= 0.6 is 0 Å². The molecular formula is C24H24FNO4. The highest BCUT2D eigenvalue weighted by Crippen LogP contribution is 2.21. The zero-order chi connectivity index (χ0) is 21.7. The molecule has 2 aromatic carbocycles. The van der Waals surface area contributed by atoms with Gasteiger partial charge in [-0.1, -0.05) is 24.3 Å². The summed E-state index contributed by atoms with van der Waals surface area (Å²) in [5.41, 5.74) is 3.38. The van der Waals surface area contributed by atoms with Crippen molar-refractivity contribution in [2.75, 3.05) is 13.2 Å². The zero-order valence-electron chi connectivity index (χ0n) is 17.3. The maximum absolute atomic E-state index is 13.1. The lowest BCUT2D eigenvalue weighted by atomic mass is 10.1. The smallest absolute Gasteiger partial charge is 0.342 e. The van der Waals surface area contributed by atoms with Crippen molar-refractivity contribution in [3.63, 3.8) is 0 Å². The monoisotopic (exact) mass is 409 g/mol. The molecule has 0 aliphatic rings. The molecule has 0 bridgehead atoms. The summed E-state index contributed by atoms with van der Waals surface area (Å²) >= 11 is 0. The first-order valence-corrected chi connectivity index (χ1v) is 9.74. The third kappa shape index (κ3) is 4.76. The summed E-state index contributed by atoms with van der Waals surface area (Å²) in [6, 6.07) is 14.8. The first kappa shape index (κ1) is 21.3.